The topological polar surface area (TPSA) is 323 Å². The van der Waals surface area contributed by atoms with Gasteiger partial charge in [-0.05, 0) is 77.7 Å². The quantitative estimate of drug-likeness (QED) is 0.00969. The second-order valence-corrected chi connectivity index (χ2v) is 27.4. The molecule has 3 N–H and O–H groups in total. The fraction of sp³-hybridized carbons (Fsp3) is 0.556. The van der Waals surface area contributed by atoms with Gasteiger partial charge in [0.25, 0.3) is 5.91 Å². The number of nitrogens with zero attached hydrogens (tertiary/aromatic N) is 1. The molecule has 546 valence electrons. The first-order valence-electron chi connectivity index (χ1n) is 33.4. The third-order valence-electron chi connectivity index (χ3n) is 18.3. The molecule has 3 fully saturated rings. The fourth-order valence-corrected chi connectivity index (χ4v) is 15.1. The summed E-state index contributed by atoms with van der Waals surface area (Å²) in [7, 11) is 3.33. The molecule has 11 atom stereocenters. The van der Waals surface area contributed by atoms with Crippen molar-refractivity contribution in [3.05, 3.63) is 143 Å². The molecule has 3 aliphatic carbocycles. The number of aliphatic hydroxyl groups is 2. The first-order valence-corrected chi connectivity index (χ1v) is 35.7. The lowest BCUT2D eigenvalue weighted by Crippen LogP contribution is -2.81. The van der Waals surface area contributed by atoms with Gasteiger partial charge in [0.1, 0.15) is 40.8 Å². The van der Waals surface area contributed by atoms with Crippen molar-refractivity contribution in [2.75, 3.05) is 125 Å². The first-order chi connectivity index (χ1) is 48.2. The molecule has 28 heteroatoms. The number of hydrogen-bond donors (Lipinski definition) is 3. The van der Waals surface area contributed by atoms with Gasteiger partial charge in [0.15, 0.2) is 11.7 Å². The number of aromatic nitrogens is 1. The number of carbonyl (C=O) groups is 7. The van der Waals surface area contributed by atoms with Crippen LogP contribution in [0.25, 0.3) is 0 Å². The van der Waals surface area contributed by atoms with E-state index >= 15 is 4.79 Å². The van der Waals surface area contributed by atoms with Crippen molar-refractivity contribution in [3.8, 4) is 0 Å². The van der Waals surface area contributed by atoms with E-state index in [-0.39, 0.29) is 56.0 Å². The number of esters is 4. The highest BCUT2D eigenvalue weighted by Crippen LogP contribution is 2.65. The van der Waals surface area contributed by atoms with Gasteiger partial charge in [0, 0.05) is 48.6 Å². The van der Waals surface area contributed by atoms with Crippen molar-refractivity contribution in [3.63, 3.8) is 0 Å². The van der Waals surface area contributed by atoms with Gasteiger partial charge in [-0.2, -0.15) is 0 Å². The monoisotopic (exact) mass is 1430 g/mol. The molecule has 2 heterocycles. The molecule has 0 radical (unpaired) electrons. The Balaban J connectivity index is 0.792. The van der Waals surface area contributed by atoms with Gasteiger partial charge in [-0.25, -0.2) is 19.4 Å². The highest BCUT2D eigenvalue weighted by molar-refractivity contribution is 8.76. The maximum absolute atomic E-state index is 16.1. The third kappa shape index (κ3) is 20.7. The second kappa shape index (κ2) is 38.9. The minimum absolute atomic E-state index is 0.0411. The standard InChI is InChI=1S/C72H92N2O24S2/c1-48-54(95-67(81)61(77)60(51-18-10-7-11-19-51)74-65(79)52-20-12-8-13-21-52)45-72(83)64(97-66(80)53-22-14-9-15-23-53)62-70(6,63(78)49(2)59(48)69(72,4)5)55(44-56-71(62,46-92-56)98-50(3)75)96-68(82)94-47-93-58(76)25-27-84-28-29-85-30-31-86-32-33-87-34-35-88-36-37-89-38-39-90-40-41-91-42-43-99-100-57-24-16-17-26-73-57/h7-24,26,49,54-56,60-62,64,77,83H,25,27-47H2,1-6H3,(H,74,79)/t49-,54?,55+,56?,60+,61-,62+,64+,70-,71+,72-/m1/s1. The van der Waals surface area contributed by atoms with Crippen LogP contribution >= 0.6 is 21.6 Å². The van der Waals surface area contributed by atoms with Crippen LogP contribution < -0.4 is 5.32 Å². The van der Waals surface area contributed by atoms with Crippen LogP contribution in [0.4, 0.5) is 4.79 Å². The molecule has 1 aromatic heterocycles. The highest BCUT2D eigenvalue weighted by atomic mass is 33.1. The number of aliphatic hydroxyl groups excluding tert-OH is 1. The van der Waals surface area contributed by atoms with Crippen molar-refractivity contribution in [2.24, 2.45) is 22.7 Å². The summed E-state index contributed by atoms with van der Waals surface area (Å²) in [6.45, 7) is 13.9. The summed E-state index contributed by atoms with van der Waals surface area (Å²) in [6, 6.07) is 28.8. The SMILES string of the molecule is CC(=O)O[C@@]12COC1C[C@H](OC(=O)OCOC(=O)CCOCCOCCOCCOCCOCCOCCOCCOCCSSc1ccccn1)[C@@]1(C)C(=O)[C@H](C)C3=C(C)C(OC(=O)[C@H](O)[C@@H](NC(=O)c4ccccc4)c4ccccc4)C[C@@](O)([C@@H](OC(=O)c4ccccc4)[C@@H]12)C3(C)C. The predicted molar refractivity (Wildman–Crippen MR) is 361 cm³/mol. The van der Waals surface area contributed by atoms with E-state index in [4.69, 9.17) is 71.1 Å². The molecule has 0 spiro atoms. The summed E-state index contributed by atoms with van der Waals surface area (Å²) >= 11 is 0. The molecule has 2 bridgehead atoms. The second-order valence-electron chi connectivity index (χ2n) is 24.9. The summed E-state index contributed by atoms with van der Waals surface area (Å²) in [4.78, 5) is 103. The van der Waals surface area contributed by atoms with Gasteiger partial charge in [0.2, 0.25) is 6.79 Å². The Morgan fingerprint density at radius 1 is 0.670 bits per heavy atom. The van der Waals surface area contributed by atoms with Crippen LogP contribution in [-0.2, 0) is 90.2 Å². The van der Waals surface area contributed by atoms with Crippen molar-refractivity contribution in [2.45, 2.75) is 114 Å². The molecule has 100 heavy (non-hydrogen) atoms. The maximum Gasteiger partial charge on any atom is 0.511 e. The number of Topliss-reactive ketones (excluding diaryl/α,β-unsaturated/α-hetero) is 1. The van der Waals surface area contributed by atoms with Crippen molar-refractivity contribution >= 4 is 63.3 Å². The van der Waals surface area contributed by atoms with E-state index in [1.165, 1.54) is 19.1 Å². The molecule has 1 aliphatic heterocycles. The van der Waals surface area contributed by atoms with Gasteiger partial charge in [0.05, 0.1) is 142 Å². The van der Waals surface area contributed by atoms with Gasteiger partial charge >= 0.3 is 30.0 Å². The van der Waals surface area contributed by atoms with Crippen LogP contribution in [0.15, 0.2) is 132 Å². The predicted octanol–water partition coefficient (Wildman–Crippen LogP) is 7.46. The van der Waals surface area contributed by atoms with E-state index in [9.17, 15) is 39.0 Å². The van der Waals surface area contributed by atoms with Crippen LogP contribution in [0, 0.1) is 22.7 Å². The Morgan fingerprint density at radius 2 is 1.20 bits per heavy atom. The van der Waals surface area contributed by atoms with Crippen molar-refractivity contribution in [1.29, 1.82) is 0 Å². The summed E-state index contributed by atoms with van der Waals surface area (Å²) in [5, 5.41) is 29.7. The minimum atomic E-state index is -2.37. The van der Waals surface area contributed by atoms with Gasteiger partial charge in [-0.3, -0.25) is 19.2 Å². The van der Waals surface area contributed by atoms with E-state index < -0.39 is 125 Å². The van der Waals surface area contributed by atoms with Crippen molar-refractivity contribution < 1.29 is 115 Å². The van der Waals surface area contributed by atoms with Crippen molar-refractivity contribution in [1.82, 2.24) is 10.3 Å². The Morgan fingerprint density at radius 3 is 1.73 bits per heavy atom. The van der Waals surface area contributed by atoms with Gasteiger partial charge in [-0.15, -0.1) is 0 Å². The molecule has 8 rings (SSSR count). The minimum Gasteiger partial charge on any atom is -0.456 e. The van der Waals surface area contributed by atoms with Crippen LogP contribution in [0.3, 0.4) is 0 Å². The largest absolute Gasteiger partial charge is 0.511 e. The lowest BCUT2D eigenvalue weighted by Gasteiger charge is -2.67. The fourth-order valence-electron chi connectivity index (χ4n) is 13.3. The number of nitrogens with one attached hydrogen (secondary N) is 1. The molecular formula is C72H92N2O24S2. The number of pyridine rings is 1. The third-order valence-corrected chi connectivity index (χ3v) is 20.5. The number of fused-ring (bicyclic) bond motifs is 5. The van der Waals surface area contributed by atoms with Crippen LogP contribution in [0.2, 0.25) is 0 Å². The average Bonchev–Trinajstić information content (AvgIpc) is 0.669. The average molecular weight is 1430 g/mol. The van der Waals surface area contributed by atoms with Gasteiger partial charge < -0.3 is 86.6 Å². The van der Waals surface area contributed by atoms with E-state index in [0.717, 1.165) is 17.7 Å². The smallest absolute Gasteiger partial charge is 0.456 e. The summed E-state index contributed by atoms with van der Waals surface area (Å²) < 4.78 is 86.0. The molecule has 1 saturated heterocycles. The first kappa shape index (κ1) is 78.8. The maximum atomic E-state index is 16.1. The number of benzene rings is 3. The Bertz CT molecular complexity index is 3300. The molecule has 2 saturated carbocycles. The molecule has 4 aliphatic rings. The Hall–Kier alpha value is -6.90. The van der Waals surface area contributed by atoms with Gasteiger partial charge in [-0.1, -0.05) is 104 Å². The Labute approximate surface area is 590 Å². The Kier molecular flexibility index (Phi) is 30.7. The molecular weight excluding hydrogens is 1340 g/mol. The molecule has 1 amide bonds. The molecule has 2 unspecified atom stereocenters. The number of amides is 1. The lowest BCUT2D eigenvalue weighted by atomic mass is 9.43. The zero-order chi connectivity index (χ0) is 71.6. The lowest BCUT2D eigenvalue weighted by molar-refractivity contribution is -0.345. The van der Waals surface area contributed by atoms with E-state index in [2.05, 4.69) is 10.3 Å². The number of carbonyl (C=O) groups excluding carboxylic acids is 7. The summed E-state index contributed by atoms with van der Waals surface area (Å²) in [5.41, 5.74) is -6.54. The van der Waals surface area contributed by atoms with E-state index in [0.29, 0.717) is 97.0 Å². The highest BCUT2D eigenvalue weighted by Gasteiger charge is 2.78. The zero-order valence-electron chi connectivity index (χ0n) is 57.3. The number of hydrogen-bond acceptors (Lipinski definition) is 27. The van der Waals surface area contributed by atoms with E-state index in [1.807, 2.05) is 18.2 Å². The van der Waals surface area contributed by atoms with Crippen LogP contribution in [0.1, 0.15) is 93.1 Å². The van der Waals surface area contributed by atoms with Crippen LogP contribution in [-0.4, -0.2) is 224 Å². The number of ether oxygens (including phenoxy) is 15. The summed E-state index contributed by atoms with van der Waals surface area (Å²) in [5.74, 6) is -6.90. The number of ketones is 1. The molecule has 3 aromatic carbocycles. The van der Waals surface area contributed by atoms with E-state index in [1.54, 1.807) is 134 Å². The number of rotatable bonds is 41. The van der Waals surface area contributed by atoms with Crippen LogP contribution in [0.5, 0.6) is 0 Å². The normalized spacial score (nSPS) is 24.1. The molecule has 4 aromatic rings. The summed E-state index contributed by atoms with van der Waals surface area (Å²) in [6.07, 6.45) is -8.60. The molecule has 26 nitrogen and oxygen atoms in total. The zero-order valence-corrected chi connectivity index (χ0v) is 58.9.